The SMILES string of the molecule is CC1=C(C(=O)O)C2C(C(C)C)CCC1(C)C2CO. The van der Waals surface area contributed by atoms with Gasteiger partial charge in [0.05, 0.1) is 0 Å². The van der Waals surface area contributed by atoms with Crippen LogP contribution in [0.15, 0.2) is 11.1 Å². The third-order valence-electron chi connectivity index (χ3n) is 5.59. The van der Waals surface area contributed by atoms with Crippen molar-refractivity contribution in [3.05, 3.63) is 11.1 Å². The minimum absolute atomic E-state index is 0.0336. The molecule has 1 fully saturated rings. The third kappa shape index (κ3) is 1.63. The van der Waals surface area contributed by atoms with E-state index in [1.165, 1.54) is 0 Å². The van der Waals surface area contributed by atoms with Crippen LogP contribution in [0.2, 0.25) is 0 Å². The van der Waals surface area contributed by atoms with Gasteiger partial charge in [-0.25, -0.2) is 4.79 Å². The van der Waals surface area contributed by atoms with Gasteiger partial charge in [-0.3, -0.25) is 0 Å². The lowest BCUT2D eigenvalue weighted by Gasteiger charge is -2.45. The summed E-state index contributed by atoms with van der Waals surface area (Å²) < 4.78 is 0. The molecule has 0 amide bonds. The van der Waals surface area contributed by atoms with Crippen molar-refractivity contribution in [3.8, 4) is 0 Å². The number of aliphatic hydroxyl groups excluding tert-OH is 1. The highest BCUT2D eigenvalue weighted by molar-refractivity contribution is 5.89. The standard InChI is InChI=1S/C15H24O3/c1-8(2)10-5-6-15(4)9(3)12(14(17)18)13(10)11(15)7-16/h8,10-11,13,16H,5-7H2,1-4H3,(H,17,18). The summed E-state index contributed by atoms with van der Waals surface area (Å²) in [5, 5.41) is 19.3. The Morgan fingerprint density at radius 3 is 2.56 bits per heavy atom. The van der Waals surface area contributed by atoms with Crippen molar-refractivity contribution < 1.29 is 15.0 Å². The molecule has 0 aromatic heterocycles. The molecule has 0 aromatic rings. The molecule has 2 bridgehead atoms. The van der Waals surface area contributed by atoms with E-state index < -0.39 is 5.97 Å². The van der Waals surface area contributed by atoms with Crippen LogP contribution in [-0.2, 0) is 4.79 Å². The Balaban J connectivity index is 2.52. The molecule has 102 valence electrons. The maximum Gasteiger partial charge on any atom is 0.331 e. The van der Waals surface area contributed by atoms with Gasteiger partial charge in [0.1, 0.15) is 0 Å². The van der Waals surface area contributed by atoms with Crippen molar-refractivity contribution in [2.75, 3.05) is 6.61 Å². The topological polar surface area (TPSA) is 57.5 Å². The summed E-state index contributed by atoms with van der Waals surface area (Å²) >= 11 is 0. The van der Waals surface area contributed by atoms with E-state index in [4.69, 9.17) is 0 Å². The fraction of sp³-hybridized carbons (Fsp3) is 0.800. The quantitative estimate of drug-likeness (QED) is 0.812. The number of fused-ring (bicyclic) bond motifs is 2. The van der Waals surface area contributed by atoms with Gasteiger partial charge in [-0.2, -0.15) is 0 Å². The summed E-state index contributed by atoms with van der Waals surface area (Å²) in [6.07, 6.45) is 2.07. The number of hydrogen-bond acceptors (Lipinski definition) is 2. The van der Waals surface area contributed by atoms with Gasteiger partial charge in [-0.05, 0) is 48.9 Å². The maximum absolute atomic E-state index is 11.6. The van der Waals surface area contributed by atoms with Crippen molar-refractivity contribution in [2.45, 2.75) is 40.5 Å². The highest BCUT2D eigenvalue weighted by Crippen LogP contribution is 2.61. The average molecular weight is 252 g/mol. The molecule has 18 heavy (non-hydrogen) atoms. The first kappa shape index (κ1) is 13.6. The van der Waals surface area contributed by atoms with Crippen molar-refractivity contribution in [1.82, 2.24) is 0 Å². The maximum atomic E-state index is 11.6. The zero-order valence-corrected chi connectivity index (χ0v) is 11.7. The molecule has 3 heteroatoms. The van der Waals surface area contributed by atoms with E-state index in [1.807, 2.05) is 6.92 Å². The van der Waals surface area contributed by atoms with E-state index in [2.05, 4.69) is 20.8 Å². The van der Waals surface area contributed by atoms with Crippen LogP contribution in [0.25, 0.3) is 0 Å². The van der Waals surface area contributed by atoms with Crippen LogP contribution in [0.3, 0.4) is 0 Å². The van der Waals surface area contributed by atoms with E-state index in [1.54, 1.807) is 0 Å². The zero-order valence-electron chi connectivity index (χ0n) is 11.7. The third-order valence-corrected chi connectivity index (χ3v) is 5.59. The highest BCUT2D eigenvalue weighted by atomic mass is 16.4. The molecule has 0 radical (unpaired) electrons. The van der Waals surface area contributed by atoms with Crippen molar-refractivity contribution in [3.63, 3.8) is 0 Å². The highest BCUT2D eigenvalue weighted by Gasteiger charge is 2.56. The van der Waals surface area contributed by atoms with Crippen LogP contribution in [0, 0.1) is 29.1 Å². The number of aliphatic carboxylic acids is 1. The second-order valence-electron chi connectivity index (χ2n) is 6.52. The molecule has 2 N–H and O–H groups in total. The normalized spacial score (nSPS) is 39.6. The number of aliphatic hydroxyl groups is 1. The van der Waals surface area contributed by atoms with Crippen molar-refractivity contribution in [2.24, 2.45) is 29.1 Å². The molecule has 4 unspecified atom stereocenters. The van der Waals surface area contributed by atoms with Gasteiger partial charge in [0.25, 0.3) is 0 Å². The first-order valence-electron chi connectivity index (χ1n) is 6.90. The Bertz CT molecular complexity index is 397. The molecule has 0 spiro atoms. The number of carboxylic acid groups (broad SMARTS) is 1. The van der Waals surface area contributed by atoms with Gasteiger partial charge < -0.3 is 10.2 Å². The molecule has 4 atom stereocenters. The lowest BCUT2D eigenvalue weighted by Crippen LogP contribution is -2.41. The average Bonchev–Trinajstić information content (AvgIpc) is 2.41. The molecular weight excluding hydrogens is 228 g/mol. The number of carboxylic acids is 1. The smallest absolute Gasteiger partial charge is 0.331 e. The molecule has 0 heterocycles. The van der Waals surface area contributed by atoms with Crippen molar-refractivity contribution in [1.29, 1.82) is 0 Å². The fourth-order valence-corrected chi connectivity index (χ4v) is 4.33. The summed E-state index contributed by atoms with van der Waals surface area (Å²) in [5.41, 5.74) is 1.48. The second-order valence-corrected chi connectivity index (χ2v) is 6.52. The summed E-state index contributed by atoms with van der Waals surface area (Å²) in [5.74, 6) is 0.191. The minimum Gasteiger partial charge on any atom is -0.478 e. The number of rotatable bonds is 3. The number of hydrogen-bond donors (Lipinski definition) is 2. The first-order chi connectivity index (χ1) is 8.34. The van der Waals surface area contributed by atoms with Crippen LogP contribution in [-0.4, -0.2) is 22.8 Å². The van der Waals surface area contributed by atoms with Crippen LogP contribution in [0.5, 0.6) is 0 Å². The van der Waals surface area contributed by atoms with E-state index >= 15 is 0 Å². The van der Waals surface area contributed by atoms with E-state index in [0.29, 0.717) is 17.4 Å². The first-order valence-corrected chi connectivity index (χ1v) is 6.90. The molecule has 2 rings (SSSR count). The van der Waals surface area contributed by atoms with Crippen molar-refractivity contribution >= 4 is 5.97 Å². The number of carbonyl (C=O) groups is 1. The summed E-state index contributed by atoms with van der Waals surface area (Å²) in [6.45, 7) is 8.50. The monoisotopic (exact) mass is 252 g/mol. The van der Waals surface area contributed by atoms with E-state index in [9.17, 15) is 15.0 Å². The summed E-state index contributed by atoms with van der Waals surface area (Å²) in [6, 6.07) is 0. The van der Waals surface area contributed by atoms with Crippen LogP contribution >= 0.6 is 0 Å². The number of allylic oxidation sites excluding steroid dienone is 1. The van der Waals surface area contributed by atoms with Gasteiger partial charge in [-0.1, -0.05) is 26.3 Å². The molecule has 3 nitrogen and oxygen atoms in total. The lowest BCUT2D eigenvalue weighted by atomic mass is 9.60. The summed E-state index contributed by atoms with van der Waals surface area (Å²) in [4.78, 5) is 11.6. The van der Waals surface area contributed by atoms with Crippen LogP contribution < -0.4 is 0 Å². The Labute approximate surface area is 109 Å². The largest absolute Gasteiger partial charge is 0.478 e. The molecule has 0 aliphatic heterocycles. The Kier molecular flexibility index (Phi) is 3.30. The van der Waals surface area contributed by atoms with Crippen LogP contribution in [0.1, 0.15) is 40.5 Å². The molecule has 1 saturated carbocycles. The van der Waals surface area contributed by atoms with Gasteiger partial charge in [0.2, 0.25) is 0 Å². The Hall–Kier alpha value is -0.830. The fourth-order valence-electron chi connectivity index (χ4n) is 4.33. The van der Waals surface area contributed by atoms with Gasteiger partial charge >= 0.3 is 5.97 Å². The van der Waals surface area contributed by atoms with Gasteiger partial charge in [-0.15, -0.1) is 0 Å². The zero-order chi connectivity index (χ0) is 13.7. The van der Waals surface area contributed by atoms with Gasteiger partial charge in [0.15, 0.2) is 0 Å². The Morgan fingerprint density at radius 2 is 2.11 bits per heavy atom. The van der Waals surface area contributed by atoms with E-state index in [0.717, 1.165) is 18.4 Å². The van der Waals surface area contributed by atoms with Crippen LogP contribution in [0.4, 0.5) is 0 Å². The lowest BCUT2D eigenvalue weighted by molar-refractivity contribution is -0.133. The predicted molar refractivity (Wildman–Crippen MR) is 70.1 cm³/mol. The molecular formula is C15H24O3. The second kappa shape index (κ2) is 4.37. The minimum atomic E-state index is -0.785. The molecule has 0 saturated heterocycles. The van der Waals surface area contributed by atoms with Gasteiger partial charge in [0, 0.05) is 12.2 Å². The predicted octanol–water partition coefficient (Wildman–Crippen LogP) is 2.70. The molecule has 2 aliphatic carbocycles. The molecule has 0 aromatic carbocycles. The van der Waals surface area contributed by atoms with E-state index in [-0.39, 0.29) is 23.9 Å². The summed E-state index contributed by atoms with van der Waals surface area (Å²) in [7, 11) is 0. The Morgan fingerprint density at radius 1 is 1.50 bits per heavy atom. The molecule has 2 aliphatic rings.